The number of anilines is 4. The van der Waals surface area contributed by atoms with Crippen LogP contribution >= 0.6 is 0 Å². The Kier molecular flexibility index (Phi) is 8.10. The van der Waals surface area contributed by atoms with Crippen molar-refractivity contribution < 1.29 is 17.2 Å². The predicted octanol–water partition coefficient (Wildman–Crippen LogP) is 5.18. The number of nitrogens with one attached hydrogen (secondary N) is 3. The summed E-state index contributed by atoms with van der Waals surface area (Å²) in [5.74, 6) is 0.254. The second kappa shape index (κ2) is 11.9. The van der Waals surface area contributed by atoms with E-state index in [1.54, 1.807) is 54.7 Å². The summed E-state index contributed by atoms with van der Waals surface area (Å²) in [6, 6.07) is 20.7. The average Bonchev–Trinajstić information content (AvgIpc) is 2.94. The van der Waals surface area contributed by atoms with Gasteiger partial charge in [-0.15, -0.1) is 0 Å². The molecule has 8 nitrogen and oxygen atoms in total. The van der Waals surface area contributed by atoms with E-state index < -0.39 is 10.0 Å². The normalized spacial score (nSPS) is 14.7. The van der Waals surface area contributed by atoms with Gasteiger partial charge >= 0.3 is 0 Å². The summed E-state index contributed by atoms with van der Waals surface area (Å²) in [5, 5.41) is 9.55. The molecule has 0 aliphatic carbocycles. The van der Waals surface area contributed by atoms with Crippen molar-refractivity contribution >= 4 is 33.2 Å². The fourth-order valence-electron chi connectivity index (χ4n) is 4.37. The molecule has 0 atom stereocenters. The molecule has 4 aromatic rings. The molecule has 2 heterocycles. The number of halogens is 2. The third kappa shape index (κ3) is 6.94. The lowest BCUT2D eigenvalue weighted by Crippen LogP contribution is -2.44. The van der Waals surface area contributed by atoms with Gasteiger partial charge in [0, 0.05) is 43.2 Å². The first-order valence-corrected chi connectivity index (χ1v) is 14.0. The Bertz CT molecular complexity index is 1510. The van der Waals surface area contributed by atoms with Crippen molar-refractivity contribution in [2.45, 2.75) is 30.3 Å². The fourth-order valence-corrected chi connectivity index (χ4v) is 5.84. The lowest BCUT2D eigenvalue weighted by atomic mass is 10.1. The van der Waals surface area contributed by atoms with Crippen LogP contribution < -0.4 is 16.0 Å². The van der Waals surface area contributed by atoms with Crippen molar-refractivity contribution in [3.63, 3.8) is 0 Å². The molecule has 1 aromatic heterocycles. The molecule has 202 valence electrons. The summed E-state index contributed by atoms with van der Waals surface area (Å²) in [6.45, 7) is 1.36. The van der Waals surface area contributed by atoms with E-state index in [0.29, 0.717) is 55.6 Å². The minimum Gasteiger partial charge on any atom is -0.340 e. The number of rotatable bonds is 9. The maximum atomic E-state index is 13.4. The number of sulfonamides is 1. The van der Waals surface area contributed by atoms with Crippen LogP contribution in [0.5, 0.6) is 0 Å². The summed E-state index contributed by atoms with van der Waals surface area (Å²) in [5.41, 5.74) is 2.18. The number of hydrogen-bond acceptors (Lipinski definition) is 7. The summed E-state index contributed by atoms with van der Waals surface area (Å²) < 4.78 is 54.4. The highest BCUT2D eigenvalue weighted by Crippen LogP contribution is 2.24. The van der Waals surface area contributed by atoms with Gasteiger partial charge in [-0.2, -0.15) is 9.29 Å². The van der Waals surface area contributed by atoms with Crippen molar-refractivity contribution in [1.82, 2.24) is 19.6 Å². The van der Waals surface area contributed by atoms with Crippen LogP contribution in [0.1, 0.15) is 18.4 Å². The number of aromatic nitrogens is 2. The van der Waals surface area contributed by atoms with E-state index in [2.05, 4.69) is 25.9 Å². The molecule has 5 rings (SSSR count). The van der Waals surface area contributed by atoms with Gasteiger partial charge in [-0.25, -0.2) is 22.2 Å². The molecule has 0 radical (unpaired) electrons. The van der Waals surface area contributed by atoms with Gasteiger partial charge in [0.1, 0.15) is 17.5 Å². The number of benzene rings is 3. The zero-order valence-electron chi connectivity index (χ0n) is 21.0. The van der Waals surface area contributed by atoms with E-state index in [4.69, 9.17) is 0 Å². The quantitative estimate of drug-likeness (QED) is 0.264. The van der Waals surface area contributed by atoms with Crippen molar-refractivity contribution in [2.75, 3.05) is 23.7 Å². The molecular formula is C28H28F2N6O2S. The zero-order chi connectivity index (χ0) is 27.2. The van der Waals surface area contributed by atoms with Gasteiger partial charge in [-0.1, -0.05) is 12.1 Å². The largest absolute Gasteiger partial charge is 0.340 e. The van der Waals surface area contributed by atoms with Crippen molar-refractivity contribution in [2.24, 2.45) is 0 Å². The van der Waals surface area contributed by atoms with Gasteiger partial charge in [0.2, 0.25) is 16.0 Å². The maximum absolute atomic E-state index is 13.4. The minimum atomic E-state index is -3.63. The summed E-state index contributed by atoms with van der Waals surface area (Å²) in [7, 11) is -3.63. The second-order valence-electron chi connectivity index (χ2n) is 9.24. The van der Waals surface area contributed by atoms with Crippen LogP contribution in [-0.4, -0.2) is 41.8 Å². The Balaban J connectivity index is 1.15. The van der Waals surface area contributed by atoms with Crippen molar-refractivity contribution in [3.8, 4) is 0 Å². The molecule has 0 bridgehead atoms. The predicted molar refractivity (Wildman–Crippen MR) is 146 cm³/mol. The molecule has 1 aliphatic heterocycles. The standard InChI is InChI=1S/C28H28F2N6O2S/c29-21-4-6-24(7-5-21)33-27-12-15-31-28(35-27)34-25-8-10-26(11-9-25)39(37,38)36-16-13-23(14-17-36)32-19-20-2-1-3-22(30)18-20/h1-12,15,18,23,32H,13-14,16-17,19H2,(H2,31,33,34,35). The highest BCUT2D eigenvalue weighted by molar-refractivity contribution is 7.89. The molecule has 0 amide bonds. The summed E-state index contributed by atoms with van der Waals surface area (Å²) in [6.07, 6.45) is 2.93. The van der Waals surface area contributed by atoms with Crippen molar-refractivity contribution in [3.05, 3.63) is 102 Å². The van der Waals surface area contributed by atoms with Gasteiger partial charge in [0.05, 0.1) is 4.90 Å². The van der Waals surface area contributed by atoms with Crippen LogP contribution in [0.25, 0.3) is 0 Å². The monoisotopic (exact) mass is 550 g/mol. The van der Waals surface area contributed by atoms with E-state index in [1.807, 2.05) is 6.07 Å². The highest BCUT2D eigenvalue weighted by Gasteiger charge is 2.29. The van der Waals surface area contributed by atoms with Crippen LogP contribution in [0.3, 0.4) is 0 Å². The van der Waals surface area contributed by atoms with E-state index in [-0.39, 0.29) is 22.6 Å². The SMILES string of the molecule is O=S(=O)(c1ccc(Nc2nccc(Nc3ccc(F)cc3)n2)cc1)N1CCC(NCc2cccc(F)c2)CC1. The van der Waals surface area contributed by atoms with E-state index in [0.717, 1.165) is 5.56 Å². The smallest absolute Gasteiger partial charge is 0.243 e. The molecule has 0 spiro atoms. The number of hydrogen-bond donors (Lipinski definition) is 3. The lowest BCUT2D eigenvalue weighted by molar-refractivity contribution is 0.288. The van der Waals surface area contributed by atoms with E-state index in [9.17, 15) is 17.2 Å². The molecule has 11 heteroatoms. The van der Waals surface area contributed by atoms with Gasteiger partial charge in [-0.3, -0.25) is 0 Å². The number of piperidine rings is 1. The third-order valence-corrected chi connectivity index (χ3v) is 8.37. The fraction of sp³-hybridized carbons (Fsp3) is 0.214. The molecule has 39 heavy (non-hydrogen) atoms. The Hall–Kier alpha value is -3.93. The highest BCUT2D eigenvalue weighted by atomic mass is 32.2. The van der Waals surface area contributed by atoms with E-state index in [1.165, 1.54) is 28.6 Å². The van der Waals surface area contributed by atoms with Crippen molar-refractivity contribution in [1.29, 1.82) is 0 Å². The van der Waals surface area contributed by atoms with Crippen LogP contribution in [0, 0.1) is 11.6 Å². The van der Waals surface area contributed by atoms with Gasteiger partial charge in [-0.05, 0) is 85.1 Å². The zero-order valence-corrected chi connectivity index (χ0v) is 21.8. The van der Waals surface area contributed by atoms with Crippen LogP contribution in [-0.2, 0) is 16.6 Å². The molecular weight excluding hydrogens is 522 g/mol. The minimum absolute atomic E-state index is 0.166. The molecule has 0 unspecified atom stereocenters. The molecule has 0 saturated carbocycles. The molecule has 3 N–H and O–H groups in total. The Morgan fingerprint density at radius 2 is 1.54 bits per heavy atom. The average molecular weight is 551 g/mol. The molecule has 1 fully saturated rings. The summed E-state index contributed by atoms with van der Waals surface area (Å²) in [4.78, 5) is 8.82. The first-order valence-electron chi connectivity index (χ1n) is 12.6. The van der Waals surface area contributed by atoms with Crippen LogP contribution in [0.4, 0.5) is 31.9 Å². The molecule has 1 saturated heterocycles. The van der Waals surface area contributed by atoms with Gasteiger partial charge in [0.15, 0.2) is 0 Å². The first kappa shape index (κ1) is 26.7. The van der Waals surface area contributed by atoms with E-state index >= 15 is 0 Å². The molecule has 1 aliphatic rings. The molecule has 3 aromatic carbocycles. The number of nitrogens with zero attached hydrogens (tertiary/aromatic N) is 3. The second-order valence-corrected chi connectivity index (χ2v) is 11.2. The first-order chi connectivity index (χ1) is 18.8. The Labute approximate surface area is 226 Å². The third-order valence-electron chi connectivity index (χ3n) is 6.46. The lowest BCUT2D eigenvalue weighted by Gasteiger charge is -2.31. The maximum Gasteiger partial charge on any atom is 0.243 e. The summed E-state index contributed by atoms with van der Waals surface area (Å²) >= 11 is 0. The van der Waals surface area contributed by atoms with Crippen LogP contribution in [0.2, 0.25) is 0 Å². The Morgan fingerprint density at radius 1 is 0.846 bits per heavy atom. The van der Waals surface area contributed by atoms with Gasteiger partial charge in [0.25, 0.3) is 0 Å². The van der Waals surface area contributed by atoms with Crippen LogP contribution in [0.15, 0.2) is 90.0 Å². The Morgan fingerprint density at radius 3 is 2.26 bits per heavy atom. The topological polar surface area (TPSA) is 99.2 Å². The van der Waals surface area contributed by atoms with Gasteiger partial charge < -0.3 is 16.0 Å².